The number of H-pyrrole nitrogens is 1. The molecule has 1 fully saturated rings. The van der Waals surface area contributed by atoms with E-state index in [9.17, 15) is 14.0 Å². The van der Waals surface area contributed by atoms with Crippen molar-refractivity contribution in [1.29, 1.82) is 0 Å². The van der Waals surface area contributed by atoms with Crippen LogP contribution in [-0.2, 0) is 9.47 Å². The Labute approximate surface area is 178 Å². The molecule has 1 aliphatic rings. The van der Waals surface area contributed by atoms with Crippen molar-refractivity contribution in [3.8, 4) is 11.4 Å². The van der Waals surface area contributed by atoms with Gasteiger partial charge in [-0.3, -0.25) is 4.57 Å². The Bertz CT molecular complexity index is 1200. The van der Waals surface area contributed by atoms with Gasteiger partial charge in [-0.15, -0.1) is 0 Å². The smallest absolute Gasteiger partial charge is 0.338 e. The summed E-state index contributed by atoms with van der Waals surface area (Å²) in [6.45, 7) is 9.10. The minimum Gasteiger partial charge on any atom is -0.493 e. The van der Waals surface area contributed by atoms with Crippen molar-refractivity contribution in [2.24, 2.45) is 5.41 Å². The second-order valence-corrected chi connectivity index (χ2v) is 9.20. The van der Waals surface area contributed by atoms with Crippen LogP contribution in [0.15, 0.2) is 41.2 Å². The van der Waals surface area contributed by atoms with E-state index in [2.05, 4.69) is 11.9 Å². The maximum absolute atomic E-state index is 14.9. The van der Waals surface area contributed by atoms with Gasteiger partial charge in [-0.05, 0) is 51.1 Å². The summed E-state index contributed by atoms with van der Waals surface area (Å²) < 4.78 is 32.4. The van der Waals surface area contributed by atoms with Gasteiger partial charge in [-0.2, -0.15) is 0 Å². The minimum absolute atomic E-state index is 0.00664. The van der Waals surface area contributed by atoms with Crippen molar-refractivity contribution in [3.05, 3.63) is 58.3 Å². The van der Waals surface area contributed by atoms with Gasteiger partial charge in [0.25, 0.3) is 0 Å². The molecule has 0 bridgehead atoms. The summed E-state index contributed by atoms with van der Waals surface area (Å²) in [6.07, 6.45) is 0. The number of benzene rings is 2. The Hall–Kier alpha value is -3.13. The first kappa shape index (κ1) is 21.1. The molecule has 4 rings (SSSR count). The summed E-state index contributed by atoms with van der Waals surface area (Å²) in [5, 5.41) is 0. The molecule has 1 aliphatic heterocycles. The van der Waals surface area contributed by atoms with Gasteiger partial charge in [0, 0.05) is 11.5 Å². The van der Waals surface area contributed by atoms with Crippen LogP contribution in [-0.4, -0.2) is 40.9 Å². The predicted molar refractivity (Wildman–Crippen MR) is 113 cm³/mol. The van der Waals surface area contributed by atoms with Gasteiger partial charge >= 0.3 is 11.7 Å². The van der Waals surface area contributed by atoms with Crippen molar-refractivity contribution >= 4 is 17.0 Å². The second-order valence-electron chi connectivity index (χ2n) is 9.20. The third kappa shape index (κ3) is 4.34. The van der Waals surface area contributed by atoms with Crippen LogP contribution in [0.4, 0.5) is 4.39 Å². The Morgan fingerprint density at radius 3 is 2.58 bits per heavy atom. The zero-order chi connectivity index (χ0) is 22.4. The van der Waals surface area contributed by atoms with Crippen molar-refractivity contribution in [3.63, 3.8) is 0 Å². The van der Waals surface area contributed by atoms with Gasteiger partial charge in [-0.25, -0.2) is 14.0 Å². The molecule has 3 aromatic rings. The van der Waals surface area contributed by atoms with E-state index in [0.29, 0.717) is 36.6 Å². The zero-order valence-electron chi connectivity index (χ0n) is 18.0. The third-order valence-corrected chi connectivity index (χ3v) is 4.97. The maximum atomic E-state index is 14.9. The number of nitrogens with zero attached hydrogens (tertiary/aromatic N) is 1. The first-order chi connectivity index (χ1) is 14.5. The lowest BCUT2D eigenvalue weighted by molar-refractivity contribution is -0.120. The number of aromatic amines is 1. The Morgan fingerprint density at radius 1 is 1.23 bits per heavy atom. The number of halogens is 1. The highest BCUT2D eigenvalue weighted by Gasteiger charge is 2.34. The lowest BCUT2D eigenvalue weighted by Gasteiger charge is -2.37. The normalized spacial score (nSPS) is 15.5. The fraction of sp³-hybridized carbons (Fsp3) is 0.391. The minimum atomic E-state index is -0.704. The Kier molecular flexibility index (Phi) is 5.13. The molecule has 2 heterocycles. The summed E-state index contributed by atoms with van der Waals surface area (Å²) in [5.74, 6) is -0.726. The van der Waals surface area contributed by atoms with Crippen molar-refractivity contribution in [2.75, 3.05) is 19.8 Å². The van der Waals surface area contributed by atoms with Crippen LogP contribution in [0.2, 0.25) is 0 Å². The van der Waals surface area contributed by atoms with E-state index in [0.717, 1.165) is 6.07 Å². The number of esters is 1. The van der Waals surface area contributed by atoms with Crippen LogP contribution in [0.25, 0.3) is 16.7 Å². The second kappa shape index (κ2) is 7.53. The molecule has 1 saturated heterocycles. The fourth-order valence-electron chi connectivity index (χ4n) is 3.36. The van der Waals surface area contributed by atoms with E-state index in [1.54, 1.807) is 39.0 Å². The molecular formula is C23H25FN2O5. The van der Waals surface area contributed by atoms with Crippen LogP contribution in [0.1, 0.15) is 38.1 Å². The molecular weight excluding hydrogens is 403 g/mol. The first-order valence-electron chi connectivity index (χ1n) is 10.0. The van der Waals surface area contributed by atoms with Crippen LogP contribution >= 0.6 is 0 Å². The standard InChI is InChI=1S/C23H25FN2O5/c1-22(2,3)31-20(27)14-5-7-18(16(24)9-14)26-19-8-6-15(10-17(19)25-21(26)28)30-13-23(4)11-29-12-23/h5-10H,11-13H2,1-4H3,(H,25,28). The summed E-state index contributed by atoms with van der Waals surface area (Å²) in [4.78, 5) is 27.5. The molecule has 1 aromatic heterocycles. The average molecular weight is 428 g/mol. The van der Waals surface area contributed by atoms with Crippen LogP contribution < -0.4 is 10.4 Å². The molecule has 0 spiro atoms. The Morgan fingerprint density at radius 2 is 1.97 bits per heavy atom. The van der Waals surface area contributed by atoms with Gasteiger partial charge in [0.1, 0.15) is 17.2 Å². The van der Waals surface area contributed by atoms with Crippen LogP contribution in [0.3, 0.4) is 0 Å². The van der Waals surface area contributed by atoms with E-state index in [1.807, 2.05) is 0 Å². The summed E-state index contributed by atoms with van der Waals surface area (Å²) in [5.41, 5.74) is -0.0523. The highest BCUT2D eigenvalue weighted by atomic mass is 19.1. The maximum Gasteiger partial charge on any atom is 0.338 e. The van der Waals surface area contributed by atoms with E-state index >= 15 is 0 Å². The van der Waals surface area contributed by atoms with E-state index in [4.69, 9.17) is 14.2 Å². The zero-order valence-corrected chi connectivity index (χ0v) is 18.0. The number of hydrogen-bond donors (Lipinski definition) is 1. The van der Waals surface area contributed by atoms with E-state index in [1.165, 1.54) is 16.7 Å². The van der Waals surface area contributed by atoms with E-state index in [-0.39, 0.29) is 16.7 Å². The monoisotopic (exact) mass is 428 g/mol. The SMILES string of the molecule is CC1(COc2ccc3c(c2)[nH]c(=O)n3-c2ccc(C(=O)OC(C)(C)C)cc2F)COC1. The molecule has 0 atom stereocenters. The van der Waals surface area contributed by atoms with Crippen LogP contribution in [0.5, 0.6) is 5.75 Å². The third-order valence-electron chi connectivity index (χ3n) is 4.97. The lowest BCUT2D eigenvalue weighted by atomic mass is 9.90. The number of carbonyl (C=O) groups excluding carboxylic acids is 1. The molecule has 0 saturated carbocycles. The molecule has 7 nitrogen and oxygen atoms in total. The molecule has 1 N–H and O–H groups in total. The highest BCUT2D eigenvalue weighted by molar-refractivity contribution is 5.90. The molecule has 0 aliphatic carbocycles. The average Bonchev–Trinajstić information content (AvgIpc) is 2.98. The summed E-state index contributed by atoms with van der Waals surface area (Å²) in [7, 11) is 0. The number of hydrogen-bond acceptors (Lipinski definition) is 5. The topological polar surface area (TPSA) is 82.6 Å². The largest absolute Gasteiger partial charge is 0.493 e. The molecule has 0 radical (unpaired) electrons. The predicted octanol–water partition coefficient (Wildman–Crippen LogP) is 3.83. The lowest BCUT2D eigenvalue weighted by Crippen LogP contribution is -2.44. The number of fused-ring (bicyclic) bond motifs is 1. The highest BCUT2D eigenvalue weighted by Crippen LogP contribution is 2.29. The molecule has 0 unspecified atom stereocenters. The molecule has 31 heavy (non-hydrogen) atoms. The summed E-state index contributed by atoms with van der Waals surface area (Å²) >= 11 is 0. The molecule has 0 amide bonds. The molecule has 164 valence electrons. The van der Waals surface area contributed by atoms with Gasteiger partial charge in [0.15, 0.2) is 0 Å². The number of imidazole rings is 1. The van der Waals surface area contributed by atoms with Crippen molar-refractivity contribution < 1.29 is 23.4 Å². The quantitative estimate of drug-likeness (QED) is 0.625. The van der Waals surface area contributed by atoms with Gasteiger partial charge in [-0.1, -0.05) is 6.92 Å². The number of carbonyl (C=O) groups is 1. The molecule has 2 aromatic carbocycles. The Balaban J connectivity index is 1.62. The van der Waals surface area contributed by atoms with Crippen molar-refractivity contribution in [2.45, 2.75) is 33.3 Å². The van der Waals surface area contributed by atoms with E-state index < -0.39 is 23.1 Å². The first-order valence-corrected chi connectivity index (χ1v) is 10.0. The number of ether oxygens (including phenoxy) is 3. The fourth-order valence-corrected chi connectivity index (χ4v) is 3.36. The number of aromatic nitrogens is 2. The van der Waals surface area contributed by atoms with Gasteiger partial charge in [0.05, 0.1) is 42.1 Å². The number of rotatable bonds is 5. The van der Waals surface area contributed by atoms with Crippen LogP contribution in [0, 0.1) is 11.2 Å². The van der Waals surface area contributed by atoms with Crippen molar-refractivity contribution in [1.82, 2.24) is 9.55 Å². The number of nitrogens with one attached hydrogen (secondary N) is 1. The van der Waals surface area contributed by atoms with Gasteiger partial charge < -0.3 is 19.2 Å². The molecule has 8 heteroatoms. The van der Waals surface area contributed by atoms with Gasteiger partial charge in [0.2, 0.25) is 0 Å². The summed E-state index contributed by atoms with van der Waals surface area (Å²) in [6, 6.07) is 9.06.